The summed E-state index contributed by atoms with van der Waals surface area (Å²) in [6.07, 6.45) is 8.08. The van der Waals surface area contributed by atoms with Gasteiger partial charge in [0.2, 0.25) is 0 Å². The van der Waals surface area contributed by atoms with Gasteiger partial charge < -0.3 is 5.32 Å². The van der Waals surface area contributed by atoms with Crippen LogP contribution in [0.5, 0.6) is 0 Å². The Labute approximate surface area is 103 Å². The lowest BCUT2D eigenvalue weighted by atomic mass is 9.76. The van der Waals surface area contributed by atoms with E-state index in [1.807, 2.05) is 12.4 Å². The van der Waals surface area contributed by atoms with Gasteiger partial charge in [-0.2, -0.15) is 0 Å². The number of hydrogen-bond acceptors (Lipinski definition) is 3. The minimum absolute atomic E-state index is 0.633. The third kappa shape index (κ3) is 2.35. The predicted octanol–water partition coefficient (Wildman–Crippen LogP) is 1.83. The largest absolute Gasteiger partial charge is 0.314 e. The Hall–Kier alpha value is -0.930. The van der Waals surface area contributed by atoms with Gasteiger partial charge in [0, 0.05) is 44.6 Å². The molecule has 1 unspecified atom stereocenters. The molecule has 0 aromatic carbocycles. The lowest BCUT2D eigenvalue weighted by Gasteiger charge is -2.43. The van der Waals surface area contributed by atoms with Gasteiger partial charge in [0.25, 0.3) is 0 Å². The number of nitrogens with one attached hydrogen (secondary N) is 1. The summed E-state index contributed by atoms with van der Waals surface area (Å²) in [6, 6.07) is 5.03. The van der Waals surface area contributed by atoms with Gasteiger partial charge in [-0.25, -0.2) is 0 Å². The number of nitrogens with zero attached hydrogens (tertiary/aromatic N) is 2. The molecule has 3 nitrogen and oxygen atoms in total. The maximum Gasteiger partial charge on any atom is 0.0378 e. The Kier molecular flexibility index (Phi) is 3.39. The van der Waals surface area contributed by atoms with Crippen LogP contribution in [0.25, 0.3) is 0 Å². The van der Waals surface area contributed by atoms with Crippen molar-refractivity contribution < 1.29 is 0 Å². The first-order valence-electron chi connectivity index (χ1n) is 6.80. The van der Waals surface area contributed by atoms with E-state index in [4.69, 9.17) is 0 Å². The highest BCUT2D eigenvalue weighted by Gasteiger charge is 2.33. The molecule has 2 heterocycles. The van der Waals surface area contributed by atoms with E-state index < -0.39 is 0 Å². The second-order valence-electron chi connectivity index (χ2n) is 5.20. The molecule has 3 rings (SSSR count). The van der Waals surface area contributed by atoms with Crippen molar-refractivity contribution in [3.63, 3.8) is 0 Å². The molecule has 3 heteroatoms. The highest BCUT2D eigenvalue weighted by Crippen LogP contribution is 2.41. The van der Waals surface area contributed by atoms with Crippen molar-refractivity contribution in [1.29, 1.82) is 0 Å². The minimum atomic E-state index is 0.633. The molecule has 0 bridgehead atoms. The zero-order valence-electron chi connectivity index (χ0n) is 10.3. The van der Waals surface area contributed by atoms with E-state index in [-0.39, 0.29) is 0 Å². The van der Waals surface area contributed by atoms with Crippen LogP contribution >= 0.6 is 0 Å². The van der Waals surface area contributed by atoms with Crippen molar-refractivity contribution in [3.05, 3.63) is 30.1 Å². The molecule has 1 atom stereocenters. The van der Waals surface area contributed by atoms with Gasteiger partial charge in [0.05, 0.1) is 0 Å². The highest BCUT2D eigenvalue weighted by atomic mass is 15.2. The average Bonchev–Trinajstić information content (AvgIpc) is 2.36. The van der Waals surface area contributed by atoms with Crippen molar-refractivity contribution in [1.82, 2.24) is 15.2 Å². The number of aromatic nitrogens is 1. The Morgan fingerprint density at radius 2 is 1.88 bits per heavy atom. The normalized spacial score (nSPS) is 24.2. The third-order valence-corrected chi connectivity index (χ3v) is 4.19. The van der Waals surface area contributed by atoms with Crippen molar-refractivity contribution in [2.75, 3.05) is 26.2 Å². The monoisotopic (exact) mass is 231 g/mol. The molecule has 92 valence electrons. The minimum Gasteiger partial charge on any atom is -0.314 e. The fraction of sp³-hybridized carbons (Fsp3) is 0.643. The molecule has 0 spiro atoms. The second kappa shape index (κ2) is 5.15. The molecule has 1 saturated carbocycles. The van der Waals surface area contributed by atoms with E-state index in [2.05, 4.69) is 27.3 Å². The molecule has 1 aliphatic heterocycles. The van der Waals surface area contributed by atoms with Gasteiger partial charge in [-0.1, -0.05) is 6.42 Å². The quantitative estimate of drug-likeness (QED) is 0.860. The lowest BCUT2D eigenvalue weighted by Crippen LogP contribution is -2.47. The maximum absolute atomic E-state index is 4.15. The molecular formula is C14H21N3. The van der Waals surface area contributed by atoms with E-state index in [0.717, 1.165) is 19.0 Å². The molecule has 1 aromatic heterocycles. The van der Waals surface area contributed by atoms with Crippen molar-refractivity contribution >= 4 is 0 Å². The smallest absolute Gasteiger partial charge is 0.0378 e. The van der Waals surface area contributed by atoms with E-state index >= 15 is 0 Å². The lowest BCUT2D eigenvalue weighted by molar-refractivity contribution is 0.0836. The summed E-state index contributed by atoms with van der Waals surface area (Å²) in [6.45, 7) is 4.63. The van der Waals surface area contributed by atoms with E-state index in [1.165, 1.54) is 37.9 Å². The molecule has 1 aliphatic carbocycles. The fourth-order valence-electron chi connectivity index (χ4n) is 3.06. The van der Waals surface area contributed by atoms with Gasteiger partial charge >= 0.3 is 0 Å². The topological polar surface area (TPSA) is 28.2 Å². The fourth-order valence-corrected chi connectivity index (χ4v) is 3.06. The summed E-state index contributed by atoms with van der Waals surface area (Å²) >= 11 is 0. The Morgan fingerprint density at radius 3 is 2.47 bits per heavy atom. The molecule has 1 saturated heterocycles. The zero-order chi connectivity index (χ0) is 11.5. The molecule has 2 aliphatic rings. The average molecular weight is 231 g/mol. The first kappa shape index (κ1) is 11.2. The van der Waals surface area contributed by atoms with Crippen LogP contribution in [0.4, 0.5) is 0 Å². The first-order chi connectivity index (χ1) is 8.45. The van der Waals surface area contributed by atoms with Gasteiger partial charge in [-0.05, 0) is 36.5 Å². The van der Waals surface area contributed by atoms with Crippen molar-refractivity contribution in [3.8, 4) is 0 Å². The molecule has 1 aromatic rings. The SMILES string of the molecule is c1cc(C(C2CCC2)N2CCNCC2)ccn1. The van der Waals surface area contributed by atoms with Crippen LogP contribution in [0.15, 0.2) is 24.5 Å². The number of rotatable bonds is 3. The Bertz CT molecular complexity index is 342. The van der Waals surface area contributed by atoms with Crippen LogP contribution in [0, 0.1) is 5.92 Å². The van der Waals surface area contributed by atoms with Gasteiger partial charge in [-0.3, -0.25) is 9.88 Å². The van der Waals surface area contributed by atoms with Crippen LogP contribution in [0.2, 0.25) is 0 Å². The third-order valence-electron chi connectivity index (χ3n) is 4.19. The standard InChI is InChI=1S/C14H21N3/c1-2-12(3-1)14(13-4-6-15-7-5-13)17-10-8-16-9-11-17/h4-7,12,14,16H,1-3,8-11H2. The van der Waals surface area contributed by atoms with Crippen LogP contribution in [0.1, 0.15) is 30.9 Å². The van der Waals surface area contributed by atoms with Gasteiger partial charge in [0.1, 0.15) is 0 Å². The van der Waals surface area contributed by atoms with Crippen LogP contribution in [0.3, 0.4) is 0 Å². The summed E-state index contributed by atoms with van der Waals surface area (Å²) in [5.41, 5.74) is 1.46. The van der Waals surface area contributed by atoms with Crippen LogP contribution in [-0.4, -0.2) is 36.1 Å². The Morgan fingerprint density at radius 1 is 1.18 bits per heavy atom. The van der Waals surface area contributed by atoms with Gasteiger partial charge in [0.15, 0.2) is 0 Å². The molecule has 1 N–H and O–H groups in total. The number of piperazine rings is 1. The molecular weight excluding hydrogens is 210 g/mol. The first-order valence-corrected chi connectivity index (χ1v) is 6.80. The zero-order valence-corrected chi connectivity index (χ0v) is 10.3. The summed E-state index contributed by atoms with van der Waals surface area (Å²) in [5, 5.41) is 3.44. The highest BCUT2D eigenvalue weighted by molar-refractivity contribution is 5.17. The van der Waals surface area contributed by atoms with Crippen LogP contribution < -0.4 is 5.32 Å². The second-order valence-corrected chi connectivity index (χ2v) is 5.20. The Balaban J connectivity index is 1.80. The summed E-state index contributed by atoms with van der Waals surface area (Å²) < 4.78 is 0. The van der Waals surface area contributed by atoms with Crippen molar-refractivity contribution in [2.24, 2.45) is 5.92 Å². The van der Waals surface area contributed by atoms with Crippen LogP contribution in [-0.2, 0) is 0 Å². The van der Waals surface area contributed by atoms with E-state index in [1.54, 1.807) is 0 Å². The maximum atomic E-state index is 4.15. The molecule has 2 fully saturated rings. The summed E-state index contributed by atoms with van der Waals surface area (Å²) in [4.78, 5) is 6.81. The summed E-state index contributed by atoms with van der Waals surface area (Å²) in [7, 11) is 0. The van der Waals surface area contributed by atoms with E-state index in [9.17, 15) is 0 Å². The summed E-state index contributed by atoms with van der Waals surface area (Å²) in [5.74, 6) is 0.871. The molecule has 0 radical (unpaired) electrons. The number of pyridine rings is 1. The predicted molar refractivity (Wildman–Crippen MR) is 68.8 cm³/mol. The molecule has 0 amide bonds. The van der Waals surface area contributed by atoms with Crippen molar-refractivity contribution in [2.45, 2.75) is 25.3 Å². The number of hydrogen-bond donors (Lipinski definition) is 1. The van der Waals surface area contributed by atoms with E-state index in [0.29, 0.717) is 6.04 Å². The molecule has 17 heavy (non-hydrogen) atoms. The van der Waals surface area contributed by atoms with Gasteiger partial charge in [-0.15, -0.1) is 0 Å².